The van der Waals surface area contributed by atoms with Gasteiger partial charge >= 0.3 is 5.97 Å². The number of benzene rings is 1. The van der Waals surface area contributed by atoms with E-state index in [1.807, 2.05) is 26.0 Å². The van der Waals surface area contributed by atoms with Gasteiger partial charge in [0.1, 0.15) is 17.1 Å². The molecule has 0 amide bonds. The molecule has 168 valence electrons. The number of aromatic carboxylic acids is 1. The molecule has 9 nitrogen and oxygen atoms in total. The van der Waals surface area contributed by atoms with Gasteiger partial charge in [-0.1, -0.05) is 19.9 Å². The quantitative estimate of drug-likeness (QED) is 0.339. The fourth-order valence-electron chi connectivity index (χ4n) is 3.82. The Labute approximate surface area is 183 Å². The van der Waals surface area contributed by atoms with Gasteiger partial charge in [0.15, 0.2) is 11.6 Å². The van der Waals surface area contributed by atoms with Crippen LogP contribution in [0.1, 0.15) is 24.2 Å². The third-order valence-corrected chi connectivity index (χ3v) is 5.28. The molecule has 32 heavy (non-hydrogen) atoms. The molecule has 3 aromatic rings. The lowest BCUT2D eigenvalue weighted by molar-refractivity contribution is 0.0694. The Balaban J connectivity index is 1.79. The van der Waals surface area contributed by atoms with Crippen molar-refractivity contribution in [2.24, 2.45) is 5.41 Å². The van der Waals surface area contributed by atoms with E-state index in [9.17, 15) is 14.7 Å². The van der Waals surface area contributed by atoms with Crippen LogP contribution in [0.15, 0.2) is 35.4 Å². The van der Waals surface area contributed by atoms with Gasteiger partial charge in [-0.15, -0.1) is 0 Å². The minimum absolute atomic E-state index is 0.0340. The van der Waals surface area contributed by atoms with E-state index in [0.29, 0.717) is 25.5 Å². The molecule has 1 aromatic carbocycles. The van der Waals surface area contributed by atoms with Crippen LogP contribution in [0.5, 0.6) is 5.75 Å². The lowest BCUT2D eigenvalue weighted by Gasteiger charge is -2.22. The van der Waals surface area contributed by atoms with Crippen LogP contribution < -0.4 is 26.5 Å². The van der Waals surface area contributed by atoms with Crippen LogP contribution in [0.3, 0.4) is 0 Å². The third kappa shape index (κ3) is 3.79. The summed E-state index contributed by atoms with van der Waals surface area (Å²) < 4.78 is 22.9. The van der Waals surface area contributed by atoms with Crippen molar-refractivity contribution in [1.29, 1.82) is 0 Å². The summed E-state index contributed by atoms with van der Waals surface area (Å²) >= 11 is 0. The zero-order valence-corrected chi connectivity index (χ0v) is 17.7. The van der Waals surface area contributed by atoms with Gasteiger partial charge in [0.05, 0.1) is 23.2 Å². The predicted octanol–water partition coefficient (Wildman–Crippen LogP) is 2.76. The van der Waals surface area contributed by atoms with Crippen LogP contribution in [-0.4, -0.2) is 40.3 Å². The Hall–Kier alpha value is -3.82. The summed E-state index contributed by atoms with van der Waals surface area (Å²) in [6.07, 6.45) is 2.93. The lowest BCUT2D eigenvalue weighted by atomic mass is 9.94. The molecule has 3 heterocycles. The summed E-state index contributed by atoms with van der Waals surface area (Å²) in [6, 6.07) is 5.46. The fourth-order valence-corrected chi connectivity index (χ4v) is 3.82. The number of nitrogens with zero attached hydrogens (tertiary/aromatic N) is 2. The number of ether oxygens (including phenoxy) is 1. The molecule has 4 rings (SSSR count). The van der Waals surface area contributed by atoms with Crippen molar-refractivity contribution in [3.63, 3.8) is 0 Å². The first-order chi connectivity index (χ1) is 15.2. The molecule has 0 bridgehead atoms. The van der Waals surface area contributed by atoms with Crippen molar-refractivity contribution in [2.75, 3.05) is 36.1 Å². The van der Waals surface area contributed by atoms with E-state index in [0.717, 1.165) is 0 Å². The normalized spacial score (nSPS) is 14.5. The number of hydrogen-bond donors (Lipinski definition) is 4. The van der Waals surface area contributed by atoms with Crippen molar-refractivity contribution < 1.29 is 19.0 Å². The minimum Gasteiger partial charge on any atom is -0.488 e. The van der Waals surface area contributed by atoms with Crippen LogP contribution in [0.4, 0.5) is 21.6 Å². The Morgan fingerprint density at radius 3 is 2.78 bits per heavy atom. The van der Waals surface area contributed by atoms with Gasteiger partial charge in [-0.05, 0) is 12.1 Å². The lowest BCUT2D eigenvalue weighted by Crippen LogP contribution is -2.26. The Bertz CT molecular complexity index is 1260. The van der Waals surface area contributed by atoms with Gasteiger partial charge in [-0.25, -0.2) is 14.2 Å². The van der Waals surface area contributed by atoms with E-state index in [4.69, 9.17) is 10.5 Å². The van der Waals surface area contributed by atoms with Gasteiger partial charge in [0, 0.05) is 37.4 Å². The number of carbonyl (C=O) groups is 1. The van der Waals surface area contributed by atoms with Gasteiger partial charge in [0.25, 0.3) is 0 Å². The minimum atomic E-state index is -1.40. The van der Waals surface area contributed by atoms with Crippen LogP contribution >= 0.6 is 0 Å². The average molecular weight is 441 g/mol. The second-order valence-electron chi connectivity index (χ2n) is 8.48. The Morgan fingerprint density at radius 1 is 1.34 bits per heavy atom. The maximum absolute atomic E-state index is 15.3. The SMILES string of the molecule is CC1(C)COc2c(NCCNc3ccccn3)c(F)c(N)c3c(=O)c(C(=O)O)cn(c23)C1. The van der Waals surface area contributed by atoms with Gasteiger partial charge < -0.3 is 30.8 Å². The molecule has 0 spiro atoms. The first kappa shape index (κ1) is 21.4. The zero-order chi connectivity index (χ0) is 23.0. The van der Waals surface area contributed by atoms with Crippen LogP contribution in [-0.2, 0) is 6.54 Å². The number of pyridine rings is 2. The molecular formula is C22H24FN5O4. The summed E-state index contributed by atoms with van der Waals surface area (Å²) in [5, 5.41) is 15.4. The second-order valence-corrected chi connectivity index (χ2v) is 8.48. The number of hydrogen-bond acceptors (Lipinski definition) is 7. The number of rotatable bonds is 6. The number of nitrogens with two attached hydrogens (primary N) is 1. The van der Waals surface area contributed by atoms with Gasteiger partial charge in [-0.2, -0.15) is 0 Å². The second kappa shape index (κ2) is 8.03. The summed E-state index contributed by atoms with van der Waals surface area (Å²) in [6.45, 7) is 5.23. The molecular weight excluding hydrogens is 417 g/mol. The Morgan fingerprint density at radius 2 is 2.09 bits per heavy atom. The first-order valence-corrected chi connectivity index (χ1v) is 10.1. The van der Waals surface area contributed by atoms with E-state index in [1.54, 1.807) is 16.8 Å². The maximum atomic E-state index is 15.3. The monoisotopic (exact) mass is 441 g/mol. The van der Waals surface area contributed by atoms with Crippen molar-refractivity contribution in [2.45, 2.75) is 20.4 Å². The van der Waals surface area contributed by atoms with Crippen LogP contribution in [0.25, 0.3) is 10.9 Å². The highest BCUT2D eigenvalue weighted by atomic mass is 19.1. The van der Waals surface area contributed by atoms with Crippen molar-refractivity contribution >= 4 is 34.1 Å². The summed E-state index contributed by atoms with van der Waals surface area (Å²) in [5.41, 5.74) is 4.22. The first-order valence-electron chi connectivity index (χ1n) is 10.1. The van der Waals surface area contributed by atoms with E-state index in [2.05, 4.69) is 15.6 Å². The standard InChI is InChI=1S/C22H24FN5O4/c1-22(2)10-28-9-12(21(30)31)19(29)14-16(24)15(23)17(20(18(14)28)32-11-22)27-8-7-26-13-5-3-4-6-25-13/h3-6,9,27H,7-8,10-11,24H2,1-2H3,(H,25,26)(H,30,31). The van der Waals surface area contributed by atoms with E-state index in [-0.39, 0.29) is 28.9 Å². The number of nitrogen functional groups attached to an aromatic ring is 1. The van der Waals surface area contributed by atoms with Gasteiger partial charge in [-0.3, -0.25) is 4.79 Å². The maximum Gasteiger partial charge on any atom is 0.341 e. The molecule has 1 aliphatic heterocycles. The highest BCUT2D eigenvalue weighted by molar-refractivity contribution is 6.03. The number of carboxylic acids is 1. The summed E-state index contributed by atoms with van der Waals surface area (Å²) in [5.74, 6) is -1.42. The smallest absolute Gasteiger partial charge is 0.341 e. The molecule has 1 aliphatic rings. The topological polar surface area (TPSA) is 132 Å². The van der Waals surface area contributed by atoms with Crippen LogP contribution in [0.2, 0.25) is 0 Å². The highest BCUT2D eigenvalue weighted by Gasteiger charge is 2.32. The zero-order valence-electron chi connectivity index (χ0n) is 17.7. The van der Waals surface area contributed by atoms with E-state index >= 15 is 4.39 Å². The Kier molecular flexibility index (Phi) is 5.37. The third-order valence-electron chi connectivity index (χ3n) is 5.28. The molecule has 0 saturated heterocycles. The van der Waals surface area contributed by atoms with Gasteiger partial charge in [0.2, 0.25) is 5.43 Å². The largest absolute Gasteiger partial charge is 0.488 e. The molecule has 0 aliphatic carbocycles. The number of halogens is 1. The molecule has 0 fully saturated rings. The molecule has 2 aromatic heterocycles. The van der Waals surface area contributed by atoms with Crippen molar-refractivity contribution in [3.05, 3.63) is 52.2 Å². The molecule has 0 saturated carbocycles. The van der Waals surface area contributed by atoms with E-state index < -0.39 is 33.9 Å². The van der Waals surface area contributed by atoms with Crippen LogP contribution in [0, 0.1) is 11.2 Å². The molecule has 10 heteroatoms. The van der Waals surface area contributed by atoms with Crippen molar-refractivity contribution in [3.8, 4) is 5.75 Å². The number of anilines is 3. The summed E-state index contributed by atoms with van der Waals surface area (Å²) in [7, 11) is 0. The molecule has 0 atom stereocenters. The average Bonchev–Trinajstić information content (AvgIpc) is 2.88. The number of nitrogens with one attached hydrogen (secondary N) is 2. The molecule has 5 N–H and O–H groups in total. The molecule has 0 unspecified atom stereocenters. The van der Waals surface area contributed by atoms with E-state index in [1.165, 1.54) is 6.20 Å². The number of carboxylic acid groups (broad SMARTS) is 1. The predicted molar refractivity (Wildman–Crippen MR) is 120 cm³/mol. The van der Waals surface area contributed by atoms with Crippen molar-refractivity contribution in [1.82, 2.24) is 9.55 Å². The number of aromatic nitrogens is 2. The fraction of sp³-hybridized carbons (Fsp3) is 0.318. The molecule has 0 radical (unpaired) electrons. The highest BCUT2D eigenvalue weighted by Crippen LogP contribution is 2.42. The summed E-state index contributed by atoms with van der Waals surface area (Å²) in [4.78, 5) is 28.7.